The van der Waals surface area contributed by atoms with Crippen molar-refractivity contribution < 1.29 is 0 Å². The normalized spacial score (nSPS) is 16.9. The maximum atomic E-state index is 5.87. The van der Waals surface area contributed by atoms with Gasteiger partial charge in [-0.05, 0) is 55.8 Å². The number of hydrogen-bond acceptors (Lipinski definition) is 4. The second-order valence-electron chi connectivity index (χ2n) is 6.28. The molecule has 0 unspecified atom stereocenters. The summed E-state index contributed by atoms with van der Waals surface area (Å²) in [5.41, 5.74) is 8.93. The van der Waals surface area contributed by atoms with Crippen molar-refractivity contribution in [3.05, 3.63) is 60.0 Å². The van der Waals surface area contributed by atoms with Gasteiger partial charge in [0.2, 0.25) is 0 Å². The quantitative estimate of drug-likeness (QED) is 0.756. The van der Waals surface area contributed by atoms with Crippen molar-refractivity contribution >= 4 is 11.3 Å². The van der Waals surface area contributed by atoms with E-state index in [2.05, 4.69) is 37.8 Å². The molecule has 1 aliphatic rings. The molecule has 0 atom stereocenters. The van der Waals surface area contributed by atoms with Gasteiger partial charge in [-0.1, -0.05) is 18.2 Å². The lowest BCUT2D eigenvalue weighted by Gasteiger charge is -2.31. The van der Waals surface area contributed by atoms with Gasteiger partial charge in [-0.3, -0.25) is 9.30 Å². The maximum absolute atomic E-state index is 5.87. The van der Waals surface area contributed by atoms with Gasteiger partial charge >= 0.3 is 0 Å². The number of nitrogens with two attached hydrogens (primary N) is 1. The summed E-state index contributed by atoms with van der Waals surface area (Å²) < 4.78 is 2.12. The van der Waals surface area contributed by atoms with Crippen LogP contribution in [-0.2, 0) is 6.54 Å². The number of nitrogen functional groups attached to an aromatic ring is 1. The third kappa shape index (κ3) is 2.92. The van der Waals surface area contributed by atoms with Crippen molar-refractivity contribution in [2.75, 3.05) is 18.8 Å². The van der Waals surface area contributed by atoms with Crippen molar-refractivity contribution in [1.29, 1.82) is 0 Å². The van der Waals surface area contributed by atoms with E-state index in [-0.39, 0.29) is 0 Å². The predicted molar refractivity (Wildman–Crippen MR) is 91.1 cm³/mol. The Labute approximate surface area is 135 Å². The van der Waals surface area contributed by atoms with E-state index in [1.165, 1.54) is 5.56 Å². The Morgan fingerprint density at radius 2 is 1.91 bits per heavy atom. The topological polar surface area (TPSA) is 59.5 Å². The maximum Gasteiger partial charge on any atom is 0.160 e. The molecule has 3 aromatic rings. The fourth-order valence-electron chi connectivity index (χ4n) is 3.44. The van der Waals surface area contributed by atoms with Crippen LogP contribution in [0.4, 0.5) is 5.69 Å². The van der Waals surface area contributed by atoms with Crippen LogP contribution in [0, 0.1) is 0 Å². The number of hydrogen-bond donors (Lipinski definition) is 1. The molecule has 1 aromatic carbocycles. The summed E-state index contributed by atoms with van der Waals surface area (Å²) in [5, 5.41) is 8.69. The fraction of sp³-hybridized carbons (Fsp3) is 0.333. The summed E-state index contributed by atoms with van der Waals surface area (Å²) in [4.78, 5) is 2.49. The molecule has 5 nitrogen and oxygen atoms in total. The van der Waals surface area contributed by atoms with Gasteiger partial charge in [-0.15, -0.1) is 10.2 Å². The first kappa shape index (κ1) is 14.2. The van der Waals surface area contributed by atoms with Crippen LogP contribution in [-0.4, -0.2) is 32.6 Å². The molecule has 5 heteroatoms. The van der Waals surface area contributed by atoms with Crippen LogP contribution in [0.5, 0.6) is 0 Å². The Morgan fingerprint density at radius 1 is 1.04 bits per heavy atom. The molecule has 3 heterocycles. The van der Waals surface area contributed by atoms with Gasteiger partial charge in [0.1, 0.15) is 5.82 Å². The number of anilines is 1. The predicted octanol–water partition coefficient (Wildman–Crippen LogP) is 2.69. The molecule has 2 aromatic heterocycles. The summed E-state index contributed by atoms with van der Waals surface area (Å²) in [6.45, 7) is 3.14. The lowest BCUT2D eigenvalue weighted by atomic mass is 9.95. The van der Waals surface area contributed by atoms with Gasteiger partial charge < -0.3 is 5.73 Å². The van der Waals surface area contributed by atoms with E-state index >= 15 is 0 Å². The van der Waals surface area contributed by atoms with Crippen LogP contribution in [0.25, 0.3) is 5.65 Å². The average Bonchev–Trinajstić information content (AvgIpc) is 3.00. The summed E-state index contributed by atoms with van der Waals surface area (Å²) >= 11 is 0. The van der Waals surface area contributed by atoms with Gasteiger partial charge in [0.25, 0.3) is 0 Å². The zero-order valence-electron chi connectivity index (χ0n) is 13.1. The number of aromatic nitrogens is 3. The molecule has 2 N–H and O–H groups in total. The van der Waals surface area contributed by atoms with Gasteiger partial charge in [0, 0.05) is 24.3 Å². The van der Waals surface area contributed by atoms with Crippen molar-refractivity contribution in [3.63, 3.8) is 0 Å². The van der Waals surface area contributed by atoms with Crippen LogP contribution in [0.1, 0.15) is 30.1 Å². The van der Waals surface area contributed by atoms with E-state index < -0.39 is 0 Å². The van der Waals surface area contributed by atoms with Crippen LogP contribution in [0.2, 0.25) is 0 Å². The van der Waals surface area contributed by atoms with Gasteiger partial charge in [-0.25, -0.2) is 0 Å². The number of piperidine rings is 1. The molecule has 0 aliphatic carbocycles. The summed E-state index contributed by atoms with van der Waals surface area (Å²) in [6.07, 6.45) is 4.31. The van der Waals surface area contributed by atoms with E-state index in [1.807, 2.05) is 30.3 Å². The van der Waals surface area contributed by atoms with Gasteiger partial charge in [-0.2, -0.15) is 0 Å². The molecule has 0 amide bonds. The van der Waals surface area contributed by atoms with Crippen LogP contribution in [0.15, 0.2) is 48.7 Å². The minimum absolute atomic E-state index is 0.490. The van der Waals surface area contributed by atoms with Crippen LogP contribution < -0.4 is 5.73 Å². The van der Waals surface area contributed by atoms with Crippen LogP contribution >= 0.6 is 0 Å². The van der Waals surface area contributed by atoms with Crippen molar-refractivity contribution in [2.24, 2.45) is 0 Å². The smallest absolute Gasteiger partial charge is 0.160 e. The summed E-state index contributed by atoms with van der Waals surface area (Å²) in [6, 6.07) is 14.2. The van der Waals surface area contributed by atoms with E-state index in [4.69, 9.17) is 5.73 Å². The molecule has 0 radical (unpaired) electrons. The largest absolute Gasteiger partial charge is 0.399 e. The fourth-order valence-corrected chi connectivity index (χ4v) is 3.44. The highest BCUT2D eigenvalue weighted by Crippen LogP contribution is 2.27. The number of likely N-dealkylation sites (tertiary alicyclic amines) is 1. The first-order valence-corrected chi connectivity index (χ1v) is 8.16. The van der Waals surface area contributed by atoms with Crippen molar-refractivity contribution in [1.82, 2.24) is 19.5 Å². The van der Waals surface area contributed by atoms with Crippen LogP contribution in [0.3, 0.4) is 0 Å². The van der Waals surface area contributed by atoms with E-state index in [0.29, 0.717) is 5.92 Å². The van der Waals surface area contributed by atoms with E-state index in [1.54, 1.807) is 0 Å². The molecule has 0 bridgehead atoms. The minimum atomic E-state index is 0.490. The third-order valence-corrected chi connectivity index (χ3v) is 4.65. The Morgan fingerprint density at radius 3 is 2.74 bits per heavy atom. The molecule has 23 heavy (non-hydrogen) atoms. The standard InChI is InChI=1S/C18H21N5/c19-16-5-3-4-14(12-16)13-22-10-7-15(8-11-22)18-21-20-17-6-1-2-9-23(17)18/h1-6,9,12,15H,7-8,10-11,13,19H2. The highest BCUT2D eigenvalue weighted by atomic mass is 15.2. The number of pyridine rings is 1. The minimum Gasteiger partial charge on any atom is -0.399 e. The molecule has 118 valence electrons. The average molecular weight is 307 g/mol. The molecule has 0 spiro atoms. The summed E-state index contributed by atoms with van der Waals surface area (Å²) in [7, 11) is 0. The second kappa shape index (κ2) is 6.01. The number of rotatable bonds is 3. The SMILES string of the molecule is Nc1cccc(CN2CCC(c3nnc4ccccn34)CC2)c1. The Kier molecular flexibility index (Phi) is 3.71. The molecular formula is C18H21N5. The third-order valence-electron chi connectivity index (χ3n) is 4.65. The highest BCUT2D eigenvalue weighted by molar-refractivity contribution is 5.40. The molecule has 0 saturated carbocycles. The van der Waals surface area contributed by atoms with Gasteiger partial charge in [0.05, 0.1) is 0 Å². The molecule has 4 rings (SSSR count). The Balaban J connectivity index is 1.43. The summed E-state index contributed by atoms with van der Waals surface area (Å²) in [5.74, 6) is 1.59. The highest BCUT2D eigenvalue weighted by Gasteiger charge is 2.24. The Bertz CT molecular complexity index is 802. The zero-order valence-corrected chi connectivity index (χ0v) is 13.1. The second-order valence-corrected chi connectivity index (χ2v) is 6.28. The molecule has 1 aliphatic heterocycles. The van der Waals surface area contributed by atoms with Gasteiger partial charge in [0.15, 0.2) is 5.65 Å². The number of fused-ring (bicyclic) bond motifs is 1. The number of benzene rings is 1. The molecule has 1 saturated heterocycles. The Hall–Kier alpha value is -2.40. The first-order valence-electron chi connectivity index (χ1n) is 8.16. The van der Waals surface area contributed by atoms with Crippen molar-refractivity contribution in [2.45, 2.75) is 25.3 Å². The van der Waals surface area contributed by atoms with E-state index in [0.717, 1.165) is 49.6 Å². The van der Waals surface area contributed by atoms with Crippen molar-refractivity contribution in [3.8, 4) is 0 Å². The monoisotopic (exact) mass is 307 g/mol. The molecule has 1 fully saturated rings. The molecular weight excluding hydrogens is 286 g/mol. The lowest BCUT2D eigenvalue weighted by molar-refractivity contribution is 0.201. The zero-order chi connectivity index (χ0) is 15.6. The number of nitrogens with zero attached hydrogens (tertiary/aromatic N) is 4. The lowest BCUT2D eigenvalue weighted by Crippen LogP contribution is -2.33. The first-order chi connectivity index (χ1) is 11.3. The van der Waals surface area contributed by atoms with E-state index in [9.17, 15) is 0 Å².